The van der Waals surface area contributed by atoms with Crippen molar-refractivity contribution in [2.75, 3.05) is 6.54 Å². The second-order valence-corrected chi connectivity index (χ2v) is 8.41. The monoisotopic (exact) mass is 347 g/mol. The summed E-state index contributed by atoms with van der Waals surface area (Å²) in [4.78, 5) is 0.273. The number of nitrogens with zero attached hydrogens (tertiary/aromatic N) is 1. The zero-order chi connectivity index (χ0) is 17.3. The smallest absolute Gasteiger partial charge is 0.207 e. The molecule has 1 fully saturated rings. The van der Waals surface area contributed by atoms with E-state index in [0.717, 1.165) is 12.0 Å². The Balaban J connectivity index is 1.95. The third kappa shape index (κ3) is 3.10. The molecule has 1 heterocycles. The maximum absolute atomic E-state index is 14.1. The largest absolute Gasteiger partial charge is 0.243 e. The molecule has 0 saturated carbocycles. The molecule has 3 nitrogen and oxygen atoms in total. The molecule has 1 saturated heterocycles. The first-order chi connectivity index (χ1) is 11.4. The van der Waals surface area contributed by atoms with E-state index in [2.05, 4.69) is 13.8 Å². The molecule has 0 aliphatic carbocycles. The van der Waals surface area contributed by atoms with Crippen LogP contribution in [0, 0.1) is 5.82 Å². The van der Waals surface area contributed by atoms with Gasteiger partial charge < -0.3 is 0 Å². The van der Waals surface area contributed by atoms with E-state index in [4.69, 9.17) is 0 Å². The lowest BCUT2D eigenvalue weighted by atomic mass is 10.0. The van der Waals surface area contributed by atoms with E-state index in [1.807, 2.05) is 12.1 Å². The molecule has 0 bridgehead atoms. The van der Waals surface area contributed by atoms with E-state index < -0.39 is 16.1 Å². The van der Waals surface area contributed by atoms with Gasteiger partial charge in [-0.3, -0.25) is 0 Å². The molecule has 5 heteroatoms. The third-order valence-electron chi connectivity index (χ3n) is 4.62. The van der Waals surface area contributed by atoms with Crippen molar-refractivity contribution >= 4 is 10.0 Å². The minimum atomic E-state index is -3.63. The standard InChI is InChI=1S/C19H22FNO2S/c1-14(2)15-9-11-16(12-10-15)24(22,23)21-13-5-8-19(21)17-6-3-4-7-18(17)20/h3-4,6-7,9-12,14,19H,5,8,13H2,1-2H3/t19-/m1/s1. The van der Waals surface area contributed by atoms with Crippen molar-refractivity contribution in [3.63, 3.8) is 0 Å². The van der Waals surface area contributed by atoms with Crippen molar-refractivity contribution < 1.29 is 12.8 Å². The first-order valence-electron chi connectivity index (χ1n) is 8.27. The van der Waals surface area contributed by atoms with E-state index in [9.17, 15) is 12.8 Å². The minimum Gasteiger partial charge on any atom is -0.207 e. The van der Waals surface area contributed by atoms with Crippen LogP contribution in [0.5, 0.6) is 0 Å². The van der Waals surface area contributed by atoms with Gasteiger partial charge in [-0.2, -0.15) is 4.31 Å². The van der Waals surface area contributed by atoms with Crippen molar-refractivity contribution in [3.05, 3.63) is 65.5 Å². The van der Waals surface area contributed by atoms with Gasteiger partial charge in [0.1, 0.15) is 5.82 Å². The number of rotatable bonds is 4. The molecule has 0 aromatic heterocycles. The van der Waals surface area contributed by atoms with Crippen LogP contribution in [0.2, 0.25) is 0 Å². The molecule has 3 rings (SSSR count). The normalized spacial score (nSPS) is 19.1. The first kappa shape index (κ1) is 17.1. The van der Waals surface area contributed by atoms with Gasteiger partial charge in [0.25, 0.3) is 0 Å². The molecule has 2 aromatic carbocycles. The van der Waals surface area contributed by atoms with Gasteiger partial charge in [0.15, 0.2) is 0 Å². The van der Waals surface area contributed by atoms with Crippen LogP contribution in [0.25, 0.3) is 0 Å². The Bertz CT molecular complexity index is 816. The Morgan fingerprint density at radius 3 is 2.38 bits per heavy atom. The fraction of sp³-hybridized carbons (Fsp3) is 0.368. The summed E-state index contributed by atoms with van der Waals surface area (Å²) in [6.07, 6.45) is 1.38. The summed E-state index contributed by atoms with van der Waals surface area (Å²) in [5.74, 6) is -0.000500. The average molecular weight is 347 g/mol. The lowest BCUT2D eigenvalue weighted by Gasteiger charge is -2.25. The van der Waals surface area contributed by atoms with Crippen molar-refractivity contribution in [2.45, 2.75) is 43.5 Å². The van der Waals surface area contributed by atoms with Gasteiger partial charge in [-0.15, -0.1) is 0 Å². The number of benzene rings is 2. The molecule has 0 unspecified atom stereocenters. The van der Waals surface area contributed by atoms with Crippen LogP contribution in [-0.4, -0.2) is 19.3 Å². The molecule has 0 amide bonds. The van der Waals surface area contributed by atoms with Crippen molar-refractivity contribution in [1.29, 1.82) is 0 Å². The first-order valence-corrected chi connectivity index (χ1v) is 9.71. The number of halogens is 1. The molecule has 0 radical (unpaired) electrons. The average Bonchev–Trinajstić information content (AvgIpc) is 3.05. The molecule has 1 aliphatic heterocycles. The van der Waals surface area contributed by atoms with E-state index in [1.54, 1.807) is 30.3 Å². The second-order valence-electron chi connectivity index (χ2n) is 6.52. The summed E-state index contributed by atoms with van der Waals surface area (Å²) in [7, 11) is -3.63. The second kappa shape index (κ2) is 6.65. The fourth-order valence-electron chi connectivity index (χ4n) is 3.24. The van der Waals surface area contributed by atoms with E-state index in [1.165, 1.54) is 10.4 Å². The molecule has 128 valence electrons. The van der Waals surface area contributed by atoms with Crippen LogP contribution in [0.1, 0.15) is 49.8 Å². The lowest BCUT2D eigenvalue weighted by Crippen LogP contribution is -2.31. The van der Waals surface area contributed by atoms with Gasteiger partial charge in [-0.1, -0.05) is 44.2 Å². The molecular formula is C19H22FNO2S. The van der Waals surface area contributed by atoms with Crippen molar-refractivity contribution in [3.8, 4) is 0 Å². The Hall–Kier alpha value is -1.72. The summed E-state index contributed by atoms with van der Waals surface area (Å²) in [6.45, 7) is 4.56. The Morgan fingerprint density at radius 1 is 1.08 bits per heavy atom. The zero-order valence-electron chi connectivity index (χ0n) is 13.9. The summed E-state index contributed by atoms with van der Waals surface area (Å²) in [5, 5.41) is 0. The fourth-order valence-corrected chi connectivity index (χ4v) is 4.92. The third-order valence-corrected chi connectivity index (χ3v) is 6.54. The highest BCUT2D eigenvalue weighted by Gasteiger charge is 2.37. The van der Waals surface area contributed by atoms with Gasteiger partial charge >= 0.3 is 0 Å². The van der Waals surface area contributed by atoms with Gasteiger partial charge in [0.2, 0.25) is 10.0 Å². The van der Waals surface area contributed by atoms with Gasteiger partial charge in [-0.05, 0) is 42.5 Å². The Morgan fingerprint density at radius 2 is 1.75 bits per heavy atom. The van der Waals surface area contributed by atoms with Crippen LogP contribution in [0.15, 0.2) is 53.4 Å². The topological polar surface area (TPSA) is 37.4 Å². The predicted octanol–water partition coefficient (Wildman–Crippen LogP) is 4.47. The van der Waals surface area contributed by atoms with Crippen LogP contribution < -0.4 is 0 Å². The zero-order valence-corrected chi connectivity index (χ0v) is 14.8. The van der Waals surface area contributed by atoms with Crippen LogP contribution in [-0.2, 0) is 10.0 Å². The number of hydrogen-bond acceptors (Lipinski definition) is 2. The van der Waals surface area contributed by atoms with Crippen molar-refractivity contribution in [2.24, 2.45) is 0 Å². The van der Waals surface area contributed by atoms with E-state index in [0.29, 0.717) is 24.4 Å². The molecule has 0 N–H and O–H groups in total. The summed E-state index contributed by atoms with van der Waals surface area (Å²) in [5.41, 5.74) is 1.55. The van der Waals surface area contributed by atoms with Crippen LogP contribution in [0.4, 0.5) is 4.39 Å². The van der Waals surface area contributed by atoms with Gasteiger partial charge in [-0.25, -0.2) is 12.8 Å². The van der Waals surface area contributed by atoms with Gasteiger partial charge in [0, 0.05) is 12.1 Å². The number of sulfonamides is 1. The lowest BCUT2D eigenvalue weighted by molar-refractivity contribution is 0.386. The molecule has 1 atom stereocenters. The Labute approximate surface area is 143 Å². The summed E-state index contributed by atoms with van der Waals surface area (Å²) >= 11 is 0. The molecular weight excluding hydrogens is 325 g/mol. The maximum atomic E-state index is 14.1. The minimum absolute atomic E-state index is 0.273. The molecule has 1 aliphatic rings. The van der Waals surface area contributed by atoms with Crippen LogP contribution >= 0.6 is 0 Å². The number of hydrogen-bond donors (Lipinski definition) is 0. The van der Waals surface area contributed by atoms with E-state index >= 15 is 0 Å². The summed E-state index contributed by atoms with van der Waals surface area (Å²) < 4.78 is 41.6. The predicted molar refractivity (Wildman–Crippen MR) is 92.8 cm³/mol. The Kier molecular flexibility index (Phi) is 4.74. The highest BCUT2D eigenvalue weighted by molar-refractivity contribution is 7.89. The van der Waals surface area contributed by atoms with Crippen molar-refractivity contribution in [1.82, 2.24) is 4.31 Å². The van der Waals surface area contributed by atoms with E-state index in [-0.39, 0.29) is 10.7 Å². The molecule has 2 aromatic rings. The molecule has 0 spiro atoms. The molecule has 24 heavy (non-hydrogen) atoms. The maximum Gasteiger partial charge on any atom is 0.243 e. The highest BCUT2D eigenvalue weighted by atomic mass is 32.2. The summed E-state index contributed by atoms with van der Waals surface area (Å²) in [6, 6.07) is 13.0. The van der Waals surface area contributed by atoms with Crippen LogP contribution in [0.3, 0.4) is 0 Å². The highest BCUT2D eigenvalue weighted by Crippen LogP contribution is 2.37. The quantitative estimate of drug-likeness (QED) is 0.818. The SMILES string of the molecule is CC(C)c1ccc(S(=O)(=O)N2CCC[C@@H]2c2ccccc2F)cc1. The van der Waals surface area contributed by atoms with Gasteiger partial charge in [0.05, 0.1) is 10.9 Å².